The van der Waals surface area contributed by atoms with Crippen LogP contribution in [0.3, 0.4) is 0 Å². The number of carbonyl (C=O) groups excluding carboxylic acids is 2. The van der Waals surface area contributed by atoms with E-state index in [-0.39, 0.29) is 17.4 Å². The van der Waals surface area contributed by atoms with Crippen LogP contribution >= 0.6 is 11.8 Å². The number of thioether (sulfide) groups is 1. The van der Waals surface area contributed by atoms with Crippen molar-refractivity contribution >= 4 is 35.2 Å². The van der Waals surface area contributed by atoms with Gasteiger partial charge >= 0.3 is 5.97 Å². The summed E-state index contributed by atoms with van der Waals surface area (Å²) in [5.74, 6) is -2.23. The molecule has 0 fully saturated rings. The monoisotopic (exact) mass is 314 g/mol. The van der Waals surface area contributed by atoms with Crippen LogP contribution in [0.4, 0.5) is 10.1 Å². The Hall–Kier alpha value is -2.09. The summed E-state index contributed by atoms with van der Waals surface area (Å²) in [6.45, 7) is 1.22. The number of aliphatic carboxylic acids is 1. The summed E-state index contributed by atoms with van der Waals surface area (Å²) in [4.78, 5) is 33.3. The average molecular weight is 314 g/mol. The first-order valence-electron chi connectivity index (χ1n) is 6.01. The zero-order valence-corrected chi connectivity index (χ0v) is 12.1. The first-order chi connectivity index (χ1) is 9.88. The summed E-state index contributed by atoms with van der Waals surface area (Å²) in [6.07, 6.45) is 0. The number of hydrogen-bond donors (Lipinski definition) is 3. The fourth-order valence-electron chi connectivity index (χ4n) is 1.42. The normalized spacial score (nSPS) is 11.5. The maximum Gasteiger partial charge on any atom is 0.327 e. The van der Waals surface area contributed by atoms with Crippen LogP contribution in [0, 0.1) is 5.82 Å². The van der Waals surface area contributed by atoms with E-state index in [4.69, 9.17) is 5.11 Å². The quantitative estimate of drug-likeness (QED) is 0.700. The summed E-state index contributed by atoms with van der Waals surface area (Å²) in [6, 6.07) is 4.26. The molecule has 0 spiro atoms. The molecule has 6 nitrogen and oxygen atoms in total. The molecular formula is C13H15FN2O4S. The number of amides is 2. The van der Waals surface area contributed by atoms with Gasteiger partial charge in [0.15, 0.2) is 0 Å². The average Bonchev–Trinajstić information content (AvgIpc) is 2.39. The summed E-state index contributed by atoms with van der Waals surface area (Å²) in [5.41, 5.74) is 0.457. The van der Waals surface area contributed by atoms with Crippen LogP contribution < -0.4 is 10.6 Å². The van der Waals surface area contributed by atoms with E-state index in [9.17, 15) is 18.8 Å². The number of benzene rings is 1. The Balaban J connectivity index is 2.36. The summed E-state index contributed by atoms with van der Waals surface area (Å²) in [7, 11) is 0. The second-order valence-corrected chi connectivity index (χ2v) is 5.19. The summed E-state index contributed by atoms with van der Waals surface area (Å²) < 4.78 is 12.7. The highest BCUT2D eigenvalue weighted by molar-refractivity contribution is 8.00. The van der Waals surface area contributed by atoms with Crippen LogP contribution in [0.25, 0.3) is 0 Å². The lowest BCUT2D eigenvalue weighted by Gasteiger charge is -2.12. The van der Waals surface area contributed by atoms with Crippen LogP contribution in [-0.4, -0.2) is 40.4 Å². The molecule has 0 unspecified atom stereocenters. The molecule has 0 aliphatic heterocycles. The lowest BCUT2D eigenvalue weighted by Crippen LogP contribution is -2.41. The molecule has 0 bridgehead atoms. The first kappa shape index (κ1) is 17.0. The Kier molecular flexibility index (Phi) is 6.67. The van der Waals surface area contributed by atoms with Gasteiger partial charge in [0.25, 0.3) is 0 Å². The molecule has 1 aromatic carbocycles. The number of anilines is 1. The highest BCUT2D eigenvalue weighted by Crippen LogP contribution is 2.10. The van der Waals surface area contributed by atoms with Gasteiger partial charge in [0.1, 0.15) is 11.9 Å². The van der Waals surface area contributed by atoms with Crippen molar-refractivity contribution in [2.45, 2.75) is 13.0 Å². The Morgan fingerprint density at radius 3 is 2.43 bits per heavy atom. The fraction of sp³-hybridized carbons (Fsp3) is 0.308. The van der Waals surface area contributed by atoms with Gasteiger partial charge in [0.2, 0.25) is 11.8 Å². The van der Waals surface area contributed by atoms with Crippen LogP contribution in [0.1, 0.15) is 6.92 Å². The predicted octanol–water partition coefficient (Wildman–Crippen LogP) is 1.09. The highest BCUT2D eigenvalue weighted by Gasteiger charge is 2.18. The zero-order chi connectivity index (χ0) is 15.8. The largest absolute Gasteiger partial charge is 0.480 e. The Morgan fingerprint density at radius 2 is 1.90 bits per heavy atom. The standard InChI is InChI=1S/C13H15FN2O4S/c1-8(17)15-11(13(19)20)6-21-7-12(18)16-10-4-2-9(14)3-5-10/h2-5,11H,6-7H2,1H3,(H,15,17)(H,16,18)(H,19,20)/t11-/m0/s1. The third kappa shape index (κ3) is 6.75. The van der Waals surface area contributed by atoms with Crippen molar-refractivity contribution in [3.8, 4) is 0 Å². The Morgan fingerprint density at radius 1 is 1.29 bits per heavy atom. The predicted molar refractivity (Wildman–Crippen MR) is 77.6 cm³/mol. The number of carbonyl (C=O) groups is 3. The second-order valence-electron chi connectivity index (χ2n) is 4.16. The molecule has 3 N–H and O–H groups in total. The van der Waals surface area contributed by atoms with Gasteiger partial charge in [0.05, 0.1) is 5.75 Å². The minimum absolute atomic E-state index is 0.0285. The molecule has 1 rings (SSSR count). The van der Waals surface area contributed by atoms with Gasteiger partial charge in [-0.3, -0.25) is 9.59 Å². The van der Waals surface area contributed by atoms with Crippen molar-refractivity contribution in [1.29, 1.82) is 0 Å². The van der Waals surface area contributed by atoms with Crippen LogP contribution in [-0.2, 0) is 14.4 Å². The van der Waals surface area contributed by atoms with Gasteiger partial charge in [-0.05, 0) is 24.3 Å². The van der Waals surface area contributed by atoms with Gasteiger partial charge in [0, 0.05) is 18.4 Å². The summed E-state index contributed by atoms with van der Waals surface area (Å²) >= 11 is 1.08. The molecule has 0 aliphatic rings. The minimum Gasteiger partial charge on any atom is -0.480 e. The van der Waals surface area contributed by atoms with Gasteiger partial charge in [-0.2, -0.15) is 0 Å². The number of rotatable bonds is 7. The zero-order valence-electron chi connectivity index (χ0n) is 11.3. The maximum absolute atomic E-state index is 12.7. The molecule has 2 amide bonds. The number of hydrogen-bond acceptors (Lipinski definition) is 4. The highest BCUT2D eigenvalue weighted by atomic mass is 32.2. The molecule has 0 radical (unpaired) electrons. The van der Waals surface area contributed by atoms with Gasteiger partial charge < -0.3 is 15.7 Å². The molecule has 0 saturated carbocycles. The number of carboxylic acid groups (broad SMARTS) is 1. The first-order valence-corrected chi connectivity index (χ1v) is 7.17. The number of carboxylic acids is 1. The van der Waals surface area contributed by atoms with E-state index in [1.54, 1.807) is 0 Å². The van der Waals surface area contributed by atoms with E-state index in [1.165, 1.54) is 31.2 Å². The van der Waals surface area contributed by atoms with Crippen molar-refractivity contribution in [2.75, 3.05) is 16.8 Å². The molecule has 114 valence electrons. The third-order valence-corrected chi connectivity index (χ3v) is 3.36. The van der Waals surface area contributed by atoms with Crippen molar-refractivity contribution < 1.29 is 23.9 Å². The summed E-state index contributed by atoms with van der Waals surface area (Å²) in [5, 5.41) is 13.7. The third-order valence-electron chi connectivity index (χ3n) is 2.32. The van der Waals surface area contributed by atoms with E-state index in [0.717, 1.165) is 11.8 Å². The molecule has 0 saturated heterocycles. The lowest BCUT2D eigenvalue weighted by molar-refractivity contribution is -0.140. The molecular weight excluding hydrogens is 299 g/mol. The maximum atomic E-state index is 12.7. The van der Waals surface area contributed by atoms with E-state index < -0.39 is 23.7 Å². The van der Waals surface area contributed by atoms with Crippen molar-refractivity contribution in [2.24, 2.45) is 0 Å². The fourth-order valence-corrected chi connectivity index (χ4v) is 2.26. The van der Waals surface area contributed by atoms with E-state index in [2.05, 4.69) is 10.6 Å². The molecule has 0 aromatic heterocycles. The molecule has 1 atom stereocenters. The molecule has 8 heteroatoms. The van der Waals surface area contributed by atoms with E-state index in [1.807, 2.05) is 0 Å². The van der Waals surface area contributed by atoms with E-state index >= 15 is 0 Å². The smallest absolute Gasteiger partial charge is 0.327 e. The van der Waals surface area contributed by atoms with Crippen molar-refractivity contribution in [1.82, 2.24) is 5.32 Å². The molecule has 0 aliphatic carbocycles. The SMILES string of the molecule is CC(=O)N[C@@H](CSCC(=O)Nc1ccc(F)cc1)C(=O)O. The van der Waals surface area contributed by atoms with Crippen LogP contribution in [0.2, 0.25) is 0 Å². The minimum atomic E-state index is -1.16. The molecule has 1 aromatic rings. The van der Waals surface area contributed by atoms with Crippen molar-refractivity contribution in [3.63, 3.8) is 0 Å². The van der Waals surface area contributed by atoms with E-state index in [0.29, 0.717) is 5.69 Å². The molecule has 0 heterocycles. The van der Waals surface area contributed by atoms with Gasteiger partial charge in [-0.25, -0.2) is 9.18 Å². The Bertz CT molecular complexity index is 521. The molecule has 21 heavy (non-hydrogen) atoms. The Labute approximate surface area is 125 Å². The second kappa shape index (κ2) is 8.25. The van der Waals surface area contributed by atoms with Crippen LogP contribution in [0.15, 0.2) is 24.3 Å². The van der Waals surface area contributed by atoms with Gasteiger partial charge in [-0.15, -0.1) is 11.8 Å². The van der Waals surface area contributed by atoms with Crippen molar-refractivity contribution in [3.05, 3.63) is 30.1 Å². The number of halogens is 1. The van der Waals surface area contributed by atoms with Gasteiger partial charge in [-0.1, -0.05) is 0 Å². The van der Waals surface area contributed by atoms with Crippen LogP contribution in [0.5, 0.6) is 0 Å². The number of nitrogens with one attached hydrogen (secondary N) is 2. The topological polar surface area (TPSA) is 95.5 Å². The lowest BCUT2D eigenvalue weighted by atomic mass is 10.3.